The summed E-state index contributed by atoms with van der Waals surface area (Å²) in [6.07, 6.45) is 1.98. The quantitative estimate of drug-likeness (QED) is 0.682. The van der Waals surface area contributed by atoms with E-state index >= 15 is 0 Å². The monoisotopic (exact) mass is 292 g/mol. The van der Waals surface area contributed by atoms with Crippen molar-refractivity contribution in [3.05, 3.63) is 32.8 Å². The second kappa shape index (κ2) is 6.63. The predicted octanol–water partition coefficient (Wildman–Crippen LogP) is 5.19. The average Bonchev–Trinajstić information content (AvgIpc) is 2.28. The minimum atomic E-state index is 0.0836. The van der Waals surface area contributed by atoms with Crippen LogP contribution >= 0.6 is 34.8 Å². The smallest absolute Gasteiger partial charge is 0.135 e. The number of hydrogen-bond donors (Lipinski definition) is 0. The highest BCUT2D eigenvalue weighted by molar-refractivity contribution is 6.44. The molecule has 0 saturated carbocycles. The molecule has 0 aromatic heterocycles. The summed E-state index contributed by atoms with van der Waals surface area (Å²) in [5, 5.41) is 1.61. The topological polar surface area (TPSA) is 17.1 Å². The molecule has 0 aliphatic heterocycles. The highest BCUT2D eigenvalue weighted by Gasteiger charge is 2.11. The van der Waals surface area contributed by atoms with Gasteiger partial charge >= 0.3 is 0 Å². The van der Waals surface area contributed by atoms with Gasteiger partial charge in [-0.05, 0) is 30.5 Å². The summed E-state index contributed by atoms with van der Waals surface area (Å²) in [5.41, 5.74) is 0.831. The molecule has 1 rings (SSSR count). The maximum absolute atomic E-state index is 11.5. The molecule has 1 nitrogen and oxygen atoms in total. The molecule has 0 unspecified atom stereocenters. The second-order valence-electron chi connectivity index (χ2n) is 4.30. The number of rotatable bonds is 5. The fourth-order valence-corrected chi connectivity index (χ4v) is 2.26. The lowest BCUT2D eigenvalue weighted by atomic mass is 10.0. The Bertz CT molecular complexity index is 413. The summed E-state index contributed by atoms with van der Waals surface area (Å²) in [6.45, 7) is 3.81. The SMILES string of the molecule is CC(C)C(=O)CCCc1c(Cl)ccc(Cl)c1Cl. The van der Waals surface area contributed by atoms with Gasteiger partial charge in [0.1, 0.15) is 5.78 Å². The molecule has 0 spiro atoms. The van der Waals surface area contributed by atoms with Crippen molar-refractivity contribution in [1.29, 1.82) is 0 Å². The first-order valence-electron chi connectivity index (χ1n) is 5.58. The predicted molar refractivity (Wildman–Crippen MR) is 74.3 cm³/mol. The molecule has 0 fully saturated rings. The van der Waals surface area contributed by atoms with Crippen molar-refractivity contribution in [3.8, 4) is 0 Å². The lowest BCUT2D eigenvalue weighted by Gasteiger charge is -2.09. The van der Waals surface area contributed by atoms with E-state index in [1.165, 1.54) is 0 Å². The number of benzene rings is 1. The minimum Gasteiger partial charge on any atom is -0.299 e. The van der Waals surface area contributed by atoms with Crippen molar-refractivity contribution in [3.63, 3.8) is 0 Å². The maximum atomic E-state index is 11.5. The van der Waals surface area contributed by atoms with Crippen LogP contribution in [0.2, 0.25) is 15.1 Å². The van der Waals surface area contributed by atoms with Gasteiger partial charge in [-0.3, -0.25) is 4.79 Å². The Labute approximate surface area is 117 Å². The summed E-state index contributed by atoms with van der Waals surface area (Å²) >= 11 is 18.0. The van der Waals surface area contributed by atoms with Gasteiger partial charge in [0.15, 0.2) is 0 Å². The third kappa shape index (κ3) is 4.17. The van der Waals surface area contributed by atoms with Crippen LogP contribution < -0.4 is 0 Å². The fourth-order valence-electron chi connectivity index (χ4n) is 1.53. The zero-order chi connectivity index (χ0) is 13.0. The normalized spacial score (nSPS) is 10.9. The molecule has 0 heterocycles. The third-order valence-electron chi connectivity index (χ3n) is 2.63. The molecule has 0 aliphatic carbocycles. The van der Waals surface area contributed by atoms with Gasteiger partial charge in [0.25, 0.3) is 0 Å². The standard InChI is InChI=1S/C13H15Cl3O/c1-8(2)12(17)5-3-4-9-10(14)6-7-11(15)13(9)16/h6-8H,3-5H2,1-2H3. The van der Waals surface area contributed by atoms with Crippen molar-refractivity contribution in [2.45, 2.75) is 33.1 Å². The molecule has 17 heavy (non-hydrogen) atoms. The van der Waals surface area contributed by atoms with Crippen molar-refractivity contribution in [1.82, 2.24) is 0 Å². The van der Waals surface area contributed by atoms with Gasteiger partial charge in [0.2, 0.25) is 0 Å². The lowest BCUT2D eigenvalue weighted by Crippen LogP contribution is -2.07. The first-order valence-corrected chi connectivity index (χ1v) is 6.72. The molecule has 0 aliphatic rings. The van der Waals surface area contributed by atoms with Crippen LogP contribution in [0.25, 0.3) is 0 Å². The molecular formula is C13H15Cl3O. The number of hydrogen-bond acceptors (Lipinski definition) is 1. The third-order valence-corrected chi connectivity index (χ3v) is 3.83. The van der Waals surface area contributed by atoms with Crippen LogP contribution in [-0.4, -0.2) is 5.78 Å². The van der Waals surface area contributed by atoms with Crippen LogP contribution in [-0.2, 0) is 11.2 Å². The zero-order valence-corrected chi connectivity index (χ0v) is 12.2. The van der Waals surface area contributed by atoms with Crippen molar-refractivity contribution < 1.29 is 4.79 Å². The van der Waals surface area contributed by atoms with E-state index in [-0.39, 0.29) is 11.7 Å². The van der Waals surface area contributed by atoms with Crippen LogP contribution in [0.4, 0.5) is 0 Å². The number of halogens is 3. The van der Waals surface area contributed by atoms with Gasteiger partial charge in [0.05, 0.1) is 10.0 Å². The molecular weight excluding hydrogens is 279 g/mol. The number of Topliss-reactive ketones (excluding diaryl/α,β-unsaturated/α-hetero) is 1. The molecule has 0 amide bonds. The number of carbonyl (C=O) groups excluding carboxylic acids is 1. The molecule has 0 bridgehead atoms. The van der Waals surface area contributed by atoms with Crippen molar-refractivity contribution in [2.75, 3.05) is 0 Å². The van der Waals surface area contributed by atoms with Gasteiger partial charge in [-0.2, -0.15) is 0 Å². The van der Waals surface area contributed by atoms with E-state index in [0.717, 1.165) is 12.0 Å². The van der Waals surface area contributed by atoms with E-state index in [0.29, 0.717) is 27.9 Å². The Kier molecular flexibility index (Phi) is 5.78. The van der Waals surface area contributed by atoms with E-state index in [4.69, 9.17) is 34.8 Å². The summed E-state index contributed by atoms with van der Waals surface area (Å²) < 4.78 is 0. The lowest BCUT2D eigenvalue weighted by molar-refractivity contribution is -0.121. The summed E-state index contributed by atoms with van der Waals surface area (Å²) in [7, 11) is 0. The first-order chi connectivity index (χ1) is 7.93. The van der Waals surface area contributed by atoms with E-state index in [2.05, 4.69) is 0 Å². The van der Waals surface area contributed by atoms with Gasteiger partial charge < -0.3 is 0 Å². The van der Waals surface area contributed by atoms with Crippen LogP contribution in [0.5, 0.6) is 0 Å². The largest absolute Gasteiger partial charge is 0.299 e. The molecule has 94 valence electrons. The molecule has 0 radical (unpaired) electrons. The average molecular weight is 294 g/mol. The van der Waals surface area contributed by atoms with Crippen molar-refractivity contribution >= 4 is 40.6 Å². The first kappa shape index (κ1) is 14.8. The van der Waals surface area contributed by atoms with Gasteiger partial charge in [-0.1, -0.05) is 48.7 Å². The highest BCUT2D eigenvalue weighted by atomic mass is 35.5. The molecule has 0 atom stereocenters. The maximum Gasteiger partial charge on any atom is 0.135 e. The van der Waals surface area contributed by atoms with Crippen LogP contribution in [0.1, 0.15) is 32.3 Å². The van der Waals surface area contributed by atoms with Gasteiger partial charge in [-0.25, -0.2) is 0 Å². The highest BCUT2D eigenvalue weighted by Crippen LogP contribution is 2.32. The second-order valence-corrected chi connectivity index (χ2v) is 5.49. The Morgan fingerprint density at radius 3 is 2.35 bits per heavy atom. The van der Waals surface area contributed by atoms with Gasteiger partial charge in [-0.15, -0.1) is 0 Å². The minimum absolute atomic E-state index is 0.0836. The van der Waals surface area contributed by atoms with Crippen LogP contribution in [0, 0.1) is 5.92 Å². The molecule has 1 aromatic carbocycles. The molecule has 0 saturated heterocycles. The molecule has 0 N–H and O–H groups in total. The van der Waals surface area contributed by atoms with E-state index < -0.39 is 0 Å². The summed E-state index contributed by atoms with van der Waals surface area (Å²) in [4.78, 5) is 11.5. The number of carbonyl (C=O) groups is 1. The zero-order valence-electron chi connectivity index (χ0n) is 9.90. The molecule has 4 heteroatoms. The van der Waals surface area contributed by atoms with E-state index in [9.17, 15) is 4.79 Å². The Hall–Kier alpha value is -0.240. The van der Waals surface area contributed by atoms with Crippen molar-refractivity contribution in [2.24, 2.45) is 5.92 Å². The van der Waals surface area contributed by atoms with Gasteiger partial charge in [0, 0.05) is 17.4 Å². The van der Waals surface area contributed by atoms with E-state index in [1.54, 1.807) is 12.1 Å². The number of ketones is 1. The van der Waals surface area contributed by atoms with Crippen LogP contribution in [0.3, 0.4) is 0 Å². The fraction of sp³-hybridized carbons (Fsp3) is 0.462. The Morgan fingerprint density at radius 2 is 1.76 bits per heavy atom. The Balaban J connectivity index is 2.64. The van der Waals surface area contributed by atoms with Crippen LogP contribution in [0.15, 0.2) is 12.1 Å². The Morgan fingerprint density at radius 1 is 1.18 bits per heavy atom. The van der Waals surface area contributed by atoms with E-state index in [1.807, 2.05) is 13.8 Å². The summed E-state index contributed by atoms with van der Waals surface area (Å²) in [5.74, 6) is 0.347. The molecule has 1 aromatic rings. The summed E-state index contributed by atoms with van der Waals surface area (Å²) in [6, 6.07) is 3.41.